The van der Waals surface area contributed by atoms with Crippen molar-refractivity contribution in [3.63, 3.8) is 0 Å². The van der Waals surface area contributed by atoms with Gasteiger partial charge < -0.3 is 10.6 Å². The molecule has 18 heavy (non-hydrogen) atoms. The van der Waals surface area contributed by atoms with Crippen LogP contribution in [0.2, 0.25) is 0 Å². The molecule has 1 aromatic rings. The van der Waals surface area contributed by atoms with E-state index in [9.17, 15) is 9.59 Å². The Morgan fingerprint density at radius 3 is 2.83 bits per heavy atom. The third-order valence-electron chi connectivity index (χ3n) is 2.71. The van der Waals surface area contributed by atoms with E-state index in [2.05, 4.69) is 20.8 Å². The fourth-order valence-corrected chi connectivity index (χ4v) is 1.68. The molecule has 2 amide bonds. The first-order valence-electron chi connectivity index (χ1n) is 6.19. The lowest BCUT2D eigenvalue weighted by atomic mass is 10.2. The van der Waals surface area contributed by atoms with Crippen LogP contribution in [0.5, 0.6) is 0 Å². The summed E-state index contributed by atoms with van der Waals surface area (Å²) >= 11 is 0. The van der Waals surface area contributed by atoms with Gasteiger partial charge in [-0.3, -0.25) is 14.7 Å². The Bertz CT molecular complexity index is 449. The van der Waals surface area contributed by atoms with Crippen LogP contribution >= 0.6 is 0 Å². The van der Waals surface area contributed by atoms with Crippen molar-refractivity contribution in [2.45, 2.75) is 38.6 Å². The molecule has 1 aliphatic rings. The molecule has 0 aromatic carbocycles. The number of amides is 2. The Morgan fingerprint density at radius 2 is 2.22 bits per heavy atom. The van der Waals surface area contributed by atoms with Crippen LogP contribution in [0, 0.1) is 0 Å². The summed E-state index contributed by atoms with van der Waals surface area (Å²) in [6.07, 6.45) is 2.31. The predicted octanol–water partition coefficient (Wildman–Crippen LogP) is 0.541. The maximum absolute atomic E-state index is 11.7. The van der Waals surface area contributed by atoms with Crippen LogP contribution < -0.4 is 10.6 Å². The van der Waals surface area contributed by atoms with Gasteiger partial charge in [0.05, 0.1) is 6.54 Å². The second kappa shape index (κ2) is 5.20. The molecule has 3 N–H and O–H groups in total. The van der Waals surface area contributed by atoms with Crippen molar-refractivity contribution >= 4 is 11.8 Å². The minimum atomic E-state index is -0.322. The number of H-pyrrole nitrogens is 1. The van der Waals surface area contributed by atoms with E-state index in [-0.39, 0.29) is 24.4 Å². The maximum atomic E-state index is 11.7. The monoisotopic (exact) mass is 250 g/mol. The van der Waals surface area contributed by atoms with Gasteiger partial charge in [-0.25, -0.2) is 0 Å². The summed E-state index contributed by atoms with van der Waals surface area (Å²) in [5.41, 5.74) is 1.35. The first-order valence-corrected chi connectivity index (χ1v) is 6.19. The lowest BCUT2D eigenvalue weighted by Gasteiger charge is -2.08. The van der Waals surface area contributed by atoms with Crippen LogP contribution in [0.25, 0.3) is 0 Å². The lowest BCUT2D eigenvalue weighted by Crippen LogP contribution is -2.39. The quantitative estimate of drug-likeness (QED) is 0.713. The van der Waals surface area contributed by atoms with Crippen molar-refractivity contribution in [2.24, 2.45) is 0 Å². The Morgan fingerprint density at radius 1 is 1.50 bits per heavy atom. The van der Waals surface area contributed by atoms with Crippen molar-refractivity contribution in [2.75, 3.05) is 6.54 Å². The largest absolute Gasteiger partial charge is 0.352 e. The van der Waals surface area contributed by atoms with Gasteiger partial charge in [-0.2, -0.15) is 5.10 Å². The highest BCUT2D eigenvalue weighted by atomic mass is 16.2. The highest BCUT2D eigenvalue weighted by molar-refractivity contribution is 5.94. The predicted molar refractivity (Wildman–Crippen MR) is 66.2 cm³/mol. The zero-order chi connectivity index (χ0) is 13.1. The third kappa shape index (κ3) is 3.32. The summed E-state index contributed by atoms with van der Waals surface area (Å²) in [6, 6.07) is 1.83. The highest BCUT2D eigenvalue weighted by Crippen LogP contribution is 2.38. The van der Waals surface area contributed by atoms with Crippen molar-refractivity contribution < 1.29 is 9.59 Å². The molecule has 2 rings (SSSR count). The van der Waals surface area contributed by atoms with Crippen LogP contribution in [0.1, 0.15) is 48.8 Å². The Kier molecular flexibility index (Phi) is 3.64. The molecule has 1 heterocycles. The molecule has 1 saturated carbocycles. The second-order valence-electron chi connectivity index (χ2n) is 4.89. The molecule has 0 saturated heterocycles. The minimum absolute atomic E-state index is 0.0252. The van der Waals surface area contributed by atoms with E-state index < -0.39 is 0 Å². The summed E-state index contributed by atoms with van der Waals surface area (Å²) in [5.74, 6) is 0.0108. The topological polar surface area (TPSA) is 86.9 Å². The molecule has 1 fully saturated rings. The van der Waals surface area contributed by atoms with Crippen molar-refractivity contribution in [1.29, 1.82) is 0 Å². The van der Waals surface area contributed by atoms with Gasteiger partial charge in [0.25, 0.3) is 5.91 Å². The van der Waals surface area contributed by atoms with Crippen LogP contribution in [-0.2, 0) is 4.79 Å². The number of nitrogens with zero attached hydrogens (tertiary/aromatic N) is 1. The fraction of sp³-hybridized carbons (Fsp3) is 0.583. The molecular formula is C12H18N4O2. The zero-order valence-electron chi connectivity index (χ0n) is 10.6. The van der Waals surface area contributed by atoms with Crippen LogP contribution in [0.15, 0.2) is 6.07 Å². The van der Waals surface area contributed by atoms with E-state index in [0.717, 1.165) is 18.5 Å². The lowest BCUT2D eigenvalue weighted by molar-refractivity contribution is -0.120. The van der Waals surface area contributed by atoms with Gasteiger partial charge in [0.1, 0.15) is 5.69 Å². The second-order valence-corrected chi connectivity index (χ2v) is 4.89. The summed E-state index contributed by atoms with van der Waals surface area (Å²) in [4.78, 5) is 23.1. The molecule has 98 valence electrons. The molecule has 6 nitrogen and oxygen atoms in total. The van der Waals surface area contributed by atoms with Gasteiger partial charge in [-0.1, -0.05) is 0 Å². The smallest absolute Gasteiger partial charge is 0.272 e. The average molecular weight is 250 g/mol. The molecule has 6 heteroatoms. The Balaban J connectivity index is 1.81. The number of carbonyl (C=O) groups is 2. The molecule has 0 radical (unpaired) electrons. The third-order valence-corrected chi connectivity index (χ3v) is 2.71. The van der Waals surface area contributed by atoms with Crippen LogP contribution in [0.3, 0.4) is 0 Å². The van der Waals surface area contributed by atoms with Gasteiger partial charge in [-0.15, -0.1) is 0 Å². The number of hydrogen-bond acceptors (Lipinski definition) is 3. The molecule has 1 aromatic heterocycles. The molecule has 0 spiro atoms. The molecule has 1 aliphatic carbocycles. The summed E-state index contributed by atoms with van der Waals surface area (Å²) in [6.45, 7) is 3.72. The van der Waals surface area contributed by atoms with E-state index in [0.29, 0.717) is 11.6 Å². The Hall–Kier alpha value is -1.85. The fourth-order valence-electron chi connectivity index (χ4n) is 1.68. The average Bonchev–Trinajstić information content (AvgIpc) is 3.03. The number of hydrogen-bond donors (Lipinski definition) is 3. The van der Waals surface area contributed by atoms with Crippen molar-refractivity contribution in [1.82, 2.24) is 20.8 Å². The summed E-state index contributed by atoms with van der Waals surface area (Å²) < 4.78 is 0. The van der Waals surface area contributed by atoms with Gasteiger partial charge >= 0.3 is 0 Å². The standard InChI is InChI=1S/C12H18N4O2/c1-7(2)14-11(17)6-13-12(18)10-5-9(15-16-10)8-3-4-8/h5,7-8H,3-4,6H2,1-2H3,(H,13,18)(H,14,17)(H,15,16). The normalized spacial score (nSPS) is 14.6. The molecule has 0 atom stereocenters. The minimum Gasteiger partial charge on any atom is -0.352 e. The summed E-state index contributed by atoms with van der Waals surface area (Å²) in [5, 5.41) is 12.0. The van der Waals surface area contributed by atoms with Gasteiger partial charge in [0.15, 0.2) is 0 Å². The van der Waals surface area contributed by atoms with Crippen LogP contribution in [-0.4, -0.2) is 34.6 Å². The first-order chi connectivity index (χ1) is 8.56. The van der Waals surface area contributed by atoms with E-state index in [1.165, 1.54) is 0 Å². The van der Waals surface area contributed by atoms with Crippen molar-refractivity contribution in [3.05, 3.63) is 17.5 Å². The maximum Gasteiger partial charge on any atom is 0.272 e. The van der Waals surface area contributed by atoms with E-state index in [1.807, 2.05) is 13.8 Å². The van der Waals surface area contributed by atoms with E-state index >= 15 is 0 Å². The van der Waals surface area contributed by atoms with Crippen molar-refractivity contribution in [3.8, 4) is 0 Å². The number of carbonyl (C=O) groups excluding carboxylic acids is 2. The Labute approximate surface area is 106 Å². The van der Waals surface area contributed by atoms with Crippen LogP contribution in [0.4, 0.5) is 0 Å². The van der Waals surface area contributed by atoms with Gasteiger partial charge in [0, 0.05) is 17.7 Å². The first kappa shape index (κ1) is 12.6. The van der Waals surface area contributed by atoms with E-state index in [4.69, 9.17) is 0 Å². The molecular weight excluding hydrogens is 232 g/mol. The number of rotatable bonds is 5. The SMILES string of the molecule is CC(C)NC(=O)CNC(=O)c1cc(C2CC2)[nH]n1. The van der Waals surface area contributed by atoms with Gasteiger partial charge in [0.2, 0.25) is 5.91 Å². The number of aromatic nitrogens is 2. The molecule has 0 unspecified atom stereocenters. The molecule has 0 bridgehead atoms. The summed E-state index contributed by atoms with van der Waals surface area (Å²) in [7, 11) is 0. The number of aromatic amines is 1. The van der Waals surface area contributed by atoms with E-state index in [1.54, 1.807) is 6.07 Å². The highest BCUT2D eigenvalue weighted by Gasteiger charge is 2.26. The zero-order valence-corrected chi connectivity index (χ0v) is 10.6. The van der Waals surface area contributed by atoms with Gasteiger partial charge in [-0.05, 0) is 32.8 Å². The molecule has 0 aliphatic heterocycles. The number of nitrogens with one attached hydrogen (secondary N) is 3.